The Morgan fingerprint density at radius 3 is 2.25 bits per heavy atom. The third kappa shape index (κ3) is 15.7. The summed E-state index contributed by atoms with van der Waals surface area (Å²) in [5.74, 6) is -4.16. The van der Waals surface area contributed by atoms with Crippen molar-refractivity contribution >= 4 is 55.2 Å². The highest BCUT2D eigenvalue weighted by Gasteiger charge is 2.32. The molecule has 2 aromatic carbocycles. The number of nitrogens with zero attached hydrogens (tertiary/aromatic N) is 3. The van der Waals surface area contributed by atoms with Crippen molar-refractivity contribution in [2.45, 2.75) is 58.7 Å². The number of nitrogens with one attached hydrogen (secondary N) is 2. The minimum atomic E-state index is -4.73. The molecule has 2 heterocycles. The Morgan fingerprint density at radius 1 is 0.930 bits per heavy atom. The molecule has 0 fully saturated rings. The van der Waals surface area contributed by atoms with E-state index in [-0.39, 0.29) is 48.5 Å². The Hall–Kier alpha value is -5.76. The van der Waals surface area contributed by atoms with Crippen LogP contribution in [-0.2, 0) is 40.6 Å². The maximum absolute atomic E-state index is 13.1. The molecule has 0 radical (unpaired) electrons. The number of ether oxygens (including phenoxy) is 2. The molecule has 4 rings (SSSR count). The predicted octanol–water partition coefficient (Wildman–Crippen LogP) is 5.13. The molecule has 2 aromatic heterocycles. The second-order valence-electron chi connectivity index (χ2n) is 11.4. The maximum Gasteiger partial charge on any atom is 0.416 e. The van der Waals surface area contributed by atoms with Crippen LogP contribution in [0.25, 0.3) is 11.2 Å². The first kappa shape index (κ1) is 45.6. The molecule has 308 valence electrons. The lowest BCUT2D eigenvalue weighted by Gasteiger charge is -2.15. The number of benzene rings is 2. The van der Waals surface area contributed by atoms with Crippen molar-refractivity contribution in [1.29, 1.82) is 0 Å². The number of hydrogen-bond acceptors (Lipinski definition) is 15. The summed E-state index contributed by atoms with van der Waals surface area (Å²) in [6.45, 7) is 5.08. The lowest BCUT2D eigenvalue weighted by atomic mass is 10.1. The van der Waals surface area contributed by atoms with E-state index in [1.807, 2.05) is 0 Å². The van der Waals surface area contributed by atoms with Gasteiger partial charge in [-0.15, -0.1) is 0 Å². The number of carbonyl (C=O) groups is 4. The topological polar surface area (TPSA) is 270 Å². The molecule has 0 spiro atoms. The van der Waals surface area contributed by atoms with Gasteiger partial charge < -0.3 is 44.9 Å². The number of fused-ring (bicyclic) bond motifs is 1. The van der Waals surface area contributed by atoms with Crippen molar-refractivity contribution in [3.8, 4) is 5.75 Å². The van der Waals surface area contributed by atoms with Crippen molar-refractivity contribution in [3.05, 3.63) is 81.4 Å². The molecule has 4 aromatic rings. The number of amides is 1. The monoisotopic (exact) mass is 823 g/mol. The van der Waals surface area contributed by atoms with Gasteiger partial charge in [-0.3, -0.25) is 24.2 Å². The Bertz CT molecular complexity index is 2030. The maximum atomic E-state index is 13.1. The van der Waals surface area contributed by atoms with Crippen LogP contribution in [0.1, 0.15) is 77.9 Å². The van der Waals surface area contributed by atoms with Gasteiger partial charge in [-0.2, -0.15) is 18.2 Å². The van der Waals surface area contributed by atoms with E-state index in [2.05, 4.69) is 25.3 Å². The molecule has 0 saturated heterocycles. The minimum Gasteiger partial charge on any atom is -0.481 e. The van der Waals surface area contributed by atoms with Crippen LogP contribution in [0.2, 0.25) is 0 Å². The van der Waals surface area contributed by atoms with Crippen molar-refractivity contribution in [2.75, 3.05) is 37.5 Å². The van der Waals surface area contributed by atoms with Crippen molar-refractivity contribution in [2.24, 2.45) is 5.73 Å². The largest absolute Gasteiger partial charge is 0.481 e. The standard InChI is InChI=1S/C21H28F3O9P.C14H13N7O2/c1-3-30-34(31-4-2)32-13-6-5-12-29-20(28)16-11-10-15(21(22,23)24)14-17(16)33-19(27)9-7-8-18(25)26;15-11(22)7-1-3-8(4-2-7)17-5-9-6-18-12-10(19-9)13(23)21-14(16)20-12/h10-11,14H,3-9,12-13H2,1-2H3,(H,25,26);1-4,6,17H,5H2,(H2,15,22)(H3,16,18,20,21,23). The summed E-state index contributed by atoms with van der Waals surface area (Å²) < 4.78 is 65.2. The number of aromatic amines is 1. The van der Waals surface area contributed by atoms with Crippen molar-refractivity contribution in [3.63, 3.8) is 0 Å². The number of H-pyrrole nitrogens is 1. The molecule has 18 nitrogen and oxygen atoms in total. The van der Waals surface area contributed by atoms with Crippen LogP contribution in [0.5, 0.6) is 5.75 Å². The fourth-order valence-corrected chi connectivity index (χ4v) is 5.34. The number of esters is 2. The first-order chi connectivity index (χ1) is 27.1. The molecular weight excluding hydrogens is 782 g/mol. The summed E-state index contributed by atoms with van der Waals surface area (Å²) >= 11 is 0. The molecule has 0 bridgehead atoms. The van der Waals surface area contributed by atoms with Crippen LogP contribution in [-0.4, -0.2) is 75.3 Å². The highest BCUT2D eigenvalue weighted by molar-refractivity contribution is 7.41. The molecular formula is C35H41F3N7O11P. The summed E-state index contributed by atoms with van der Waals surface area (Å²) in [4.78, 5) is 72.2. The number of nitrogen functional groups attached to an aromatic ring is 1. The van der Waals surface area contributed by atoms with Gasteiger partial charge in [-0.05, 0) is 75.6 Å². The number of halogens is 3. The van der Waals surface area contributed by atoms with E-state index in [1.165, 1.54) is 6.20 Å². The van der Waals surface area contributed by atoms with Crippen LogP contribution < -0.4 is 27.1 Å². The summed E-state index contributed by atoms with van der Waals surface area (Å²) in [6, 6.07) is 8.76. The predicted molar refractivity (Wildman–Crippen MR) is 199 cm³/mol. The number of hydrogen-bond donors (Lipinski definition) is 5. The highest BCUT2D eigenvalue weighted by Crippen LogP contribution is 2.39. The van der Waals surface area contributed by atoms with Gasteiger partial charge in [0.05, 0.1) is 50.4 Å². The molecule has 0 aliphatic heterocycles. The minimum absolute atomic E-state index is 0.00258. The van der Waals surface area contributed by atoms with Crippen molar-refractivity contribution in [1.82, 2.24) is 19.9 Å². The summed E-state index contributed by atoms with van der Waals surface area (Å²) in [7, 11) is -1.45. The number of aromatic nitrogens is 4. The van der Waals surface area contributed by atoms with Gasteiger partial charge in [0.2, 0.25) is 11.9 Å². The molecule has 0 atom stereocenters. The molecule has 57 heavy (non-hydrogen) atoms. The zero-order valence-electron chi connectivity index (χ0n) is 30.8. The van der Waals surface area contributed by atoms with Crippen LogP contribution >= 0.6 is 8.60 Å². The second kappa shape index (κ2) is 22.7. The number of primary amides is 1. The third-order valence-corrected chi connectivity index (χ3v) is 8.42. The summed E-state index contributed by atoms with van der Waals surface area (Å²) in [5.41, 5.74) is 10.8. The fourth-order valence-electron chi connectivity index (χ4n) is 4.42. The smallest absolute Gasteiger partial charge is 0.416 e. The number of nitrogens with two attached hydrogens (primary N) is 2. The molecule has 0 aliphatic rings. The summed E-state index contributed by atoms with van der Waals surface area (Å²) in [6.07, 6.45) is -3.03. The number of carboxylic acid groups (broad SMARTS) is 1. The molecule has 1 amide bonds. The van der Waals surface area contributed by atoms with E-state index < -0.39 is 55.5 Å². The number of unbranched alkanes of at least 4 members (excludes halogenated alkanes) is 1. The number of anilines is 2. The molecule has 22 heteroatoms. The zero-order chi connectivity index (χ0) is 42.0. The van der Waals surface area contributed by atoms with Crippen molar-refractivity contribution < 1.29 is 60.5 Å². The Labute approximate surface area is 324 Å². The van der Waals surface area contributed by atoms with Gasteiger partial charge in [0.1, 0.15) is 11.3 Å². The van der Waals surface area contributed by atoms with Gasteiger partial charge in [0.15, 0.2) is 11.2 Å². The highest BCUT2D eigenvalue weighted by atomic mass is 31.2. The number of rotatable bonds is 20. The van der Waals surface area contributed by atoms with Gasteiger partial charge >= 0.3 is 32.7 Å². The van der Waals surface area contributed by atoms with Gasteiger partial charge in [0.25, 0.3) is 5.56 Å². The second-order valence-corrected chi connectivity index (χ2v) is 12.7. The van der Waals surface area contributed by atoms with E-state index in [4.69, 9.17) is 39.6 Å². The molecule has 0 aliphatic carbocycles. The van der Waals surface area contributed by atoms with Crippen LogP contribution in [0.15, 0.2) is 53.5 Å². The average molecular weight is 824 g/mol. The quantitative estimate of drug-likeness (QED) is 0.0335. The number of alkyl halides is 3. The first-order valence-electron chi connectivity index (χ1n) is 17.3. The molecule has 7 N–H and O–H groups in total. The normalized spacial score (nSPS) is 11.1. The van der Waals surface area contributed by atoms with Gasteiger partial charge in [-0.1, -0.05) is 0 Å². The number of carboxylic acids is 1. The zero-order valence-corrected chi connectivity index (χ0v) is 31.7. The lowest BCUT2D eigenvalue weighted by Crippen LogP contribution is -2.15. The Morgan fingerprint density at radius 2 is 1.61 bits per heavy atom. The average Bonchev–Trinajstić information content (AvgIpc) is 3.15. The number of aliphatic carboxylic acids is 1. The Kier molecular flexibility index (Phi) is 18.2. The fraction of sp³-hybridized carbons (Fsp3) is 0.371. The third-order valence-electron chi connectivity index (χ3n) is 7.09. The van der Waals surface area contributed by atoms with E-state index in [1.54, 1.807) is 38.1 Å². The molecule has 0 saturated carbocycles. The van der Waals surface area contributed by atoms with E-state index >= 15 is 0 Å². The Balaban J connectivity index is 0.000000326. The van der Waals surface area contributed by atoms with Gasteiger partial charge in [-0.25, -0.2) is 14.8 Å². The van der Waals surface area contributed by atoms with Gasteiger partial charge in [0, 0.05) is 24.1 Å². The van der Waals surface area contributed by atoms with Crippen LogP contribution in [0, 0.1) is 0 Å². The van der Waals surface area contributed by atoms with E-state index in [0.29, 0.717) is 62.6 Å². The SMILES string of the molecule is CCOP(OCC)OCCCCOC(=O)c1ccc(C(F)(F)F)cc1OC(=O)CCCC(=O)O.NC(=O)c1ccc(NCc2cnc3nc(N)[nH]c(=O)c3n2)cc1. The van der Waals surface area contributed by atoms with E-state index in [9.17, 15) is 37.1 Å². The first-order valence-corrected chi connectivity index (χ1v) is 18.4. The van der Waals surface area contributed by atoms with Crippen LogP contribution in [0.4, 0.5) is 24.8 Å². The van der Waals surface area contributed by atoms with Crippen LogP contribution in [0.3, 0.4) is 0 Å². The molecule has 0 unspecified atom stereocenters. The summed E-state index contributed by atoms with van der Waals surface area (Å²) in [5, 5.41) is 11.7. The van der Waals surface area contributed by atoms with E-state index in [0.717, 1.165) is 11.8 Å². The number of carbonyl (C=O) groups excluding carboxylic acids is 3. The lowest BCUT2D eigenvalue weighted by molar-refractivity contribution is -0.140.